The van der Waals surface area contributed by atoms with Gasteiger partial charge in [0, 0.05) is 31.6 Å². The summed E-state index contributed by atoms with van der Waals surface area (Å²) >= 11 is 11.8. The van der Waals surface area contributed by atoms with Crippen LogP contribution in [0.5, 0.6) is 0 Å². The molecule has 2 fully saturated rings. The van der Waals surface area contributed by atoms with Gasteiger partial charge in [0.15, 0.2) is 0 Å². The number of nitrogens with two attached hydrogens (primary N) is 1. The molecule has 2 N–H and O–H groups in total. The summed E-state index contributed by atoms with van der Waals surface area (Å²) in [5.41, 5.74) is 5.54. The number of piperazine rings is 1. The van der Waals surface area contributed by atoms with Gasteiger partial charge in [0.25, 0.3) is 5.91 Å². The highest BCUT2D eigenvalue weighted by Gasteiger charge is 2.43. The fraction of sp³-hybridized carbons (Fsp3) is 0.500. The molecular weight excluding hydrogens is 356 g/mol. The molecule has 2 heterocycles. The lowest BCUT2D eigenvalue weighted by Crippen LogP contribution is -2.57. The summed E-state index contributed by atoms with van der Waals surface area (Å²) in [7, 11) is 0. The van der Waals surface area contributed by atoms with Gasteiger partial charge in [0.1, 0.15) is 10.8 Å². The quantitative estimate of drug-likeness (QED) is 0.640. The van der Waals surface area contributed by atoms with Gasteiger partial charge in [0.2, 0.25) is 5.91 Å². The molecule has 0 radical (unpaired) electrons. The Bertz CT molecular complexity index is 699. The molecular formula is C16H18Cl2FN3O2. The zero-order valence-corrected chi connectivity index (χ0v) is 14.7. The molecule has 130 valence electrons. The van der Waals surface area contributed by atoms with Crippen molar-refractivity contribution >= 4 is 40.7 Å². The highest BCUT2D eigenvalue weighted by molar-refractivity contribution is 6.40. The minimum atomic E-state index is -0.773. The zero-order valence-electron chi connectivity index (χ0n) is 13.2. The summed E-state index contributed by atoms with van der Waals surface area (Å²) in [5.74, 6) is -1.05. The molecule has 2 aliphatic heterocycles. The molecule has 1 aromatic rings. The summed E-state index contributed by atoms with van der Waals surface area (Å²) in [4.78, 5) is 28.4. The number of fused-ring (bicyclic) bond motifs is 2. The number of carbonyl (C=O) groups is 2. The number of nitrogens with zero attached hydrogens (tertiary/aromatic N) is 2. The highest BCUT2D eigenvalue weighted by Crippen LogP contribution is 2.36. The average molecular weight is 374 g/mol. The number of hydrogen-bond acceptors (Lipinski definition) is 3. The first-order valence-electron chi connectivity index (χ1n) is 7.88. The first-order chi connectivity index (χ1) is 11.3. The van der Waals surface area contributed by atoms with Crippen molar-refractivity contribution in [3.8, 4) is 0 Å². The molecule has 2 unspecified atom stereocenters. The molecule has 2 saturated heterocycles. The lowest BCUT2D eigenvalue weighted by Gasteiger charge is -2.41. The van der Waals surface area contributed by atoms with E-state index >= 15 is 0 Å². The molecule has 0 aliphatic carbocycles. The van der Waals surface area contributed by atoms with E-state index in [2.05, 4.69) is 0 Å². The number of amides is 2. The average Bonchev–Trinajstić information content (AvgIpc) is 2.84. The number of nitrogen functional groups attached to an aromatic ring is 1. The van der Waals surface area contributed by atoms with Crippen LogP contribution in [0.2, 0.25) is 10.0 Å². The van der Waals surface area contributed by atoms with Crippen LogP contribution in [0.4, 0.5) is 10.1 Å². The van der Waals surface area contributed by atoms with E-state index in [0.29, 0.717) is 19.5 Å². The second-order valence-electron chi connectivity index (χ2n) is 6.20. The van der Waals surface area contributed by atoms with E-state index in [1.54, 1.807) is 4.90 Å². The normalized spacial score (nSPS) is 22.8. The molecule has 8 heteroatoms. The zero-order chi connectivity index (χ0) is 17.6. The van der Waals surface area contributed by atoms with Crippen LogP contribution >= 0.6 is 23.2 Å². The monoisotopic (exact) mass is 373 g/mol. The van der Waals surface area contributed by atoms with E-state index in [0.717, 1.165) is 18.9 Å². The minimum absolute atomic E-state index is 0.00531. The standard InChI is InChI=1S/C16H18Cl2FN3O2/c1-2-12(23)22-8-3-4-9(22)7-21(6-8)16(24)10-5-11(19)14(18)15(20)13(10)17/h5,8-9H,2-4,6-7,20H2,1H3. The van der Waals surface area contributed by atoms with E-state index in [1.165, 1.54) is 0 Å². The van der Waals surface area contributed by atoms with Crippen molar-refractivity contribution in [3.05, 3.63) is 27.5 Å². The number of benzene rings is 1. The summed E-state index contributed by atoms with van der Waals surface area (Å²) in [5, 5.41) is -0.319. The van der Waals surface area contributed by atoms with Gasteiger partial charge in [-0.2, -0.15) is 0 Å². The van der Waals surface area contributed by atoms with E-state index in [-0.39, 0.29) is 45.2 Å². The van der Waals surface area contributed by atoms with Crippen molar-refractivity contribution in [1.82, 2.24) is 9.80 Å². The summed E-state index contributed by atoms with van der Waals surface area (Å²) < 4.78 is 13.8. The maximum Gasteiger partial charge on any atom is 0.255 e. The first-order valence-corrected chi connectivity index (χ1v) is 8.64. The second-order valence-corrected chi connectivity index (χ2v) is 6.95. The summed E-state index contributed by atoms with van der Waals surface area (Å²) in [6.07, 6.45) is 2.18. The largest absolute Gasteiger partial charge is 0.396 e. The molecule has 0 saturated carbocycles. The molecule has 2 aliphatic rings. The third kappa shape index (κ3) is 2.71. The van der Waals surface area contributed by atoms with Gasteiger partial charge in [-0.1, -0.05) is 30.1 Å². The van der Waals surface area contributed by atoms with Crippen LogP contribution in [0.3, 0.4) is 0 Å². The fourth-order valence-corrected chi connectivity index (χ4v) is 4.04. The molecule has 3 rings (SSSR count). The van der Waals surface area contributed by atoms with Crippen molar-refractivity contribution in [1.29, 1.82) is 0 Å². The van der Waals surface area contributed by atoms with Crippen LogP contribution in [0.25, 0.3) is 0 Å². The maximum absolute atomic E-state index is 13.8. The predicted octanol–water partition coefficient (Wildman–Crippen LogP) is 2.94. The number of rotatable bonds is 2. The fourth-order valence-electron chi connectivity index (χ4n) is 3.61. The van der Waals surface area contributed by atoms with Crippen LogP contribution in [0.15, 0.2) is 6.07 Å². The van der Waals surface area contributed by atoms with Crippen molar-refractivity contribution in [2.45, 2.75) is 38.3 Å². The lowest BCUT2D eigenvalue weighted by atomic mass is 10.1. The molecule has 2 bridgehead atoms. The molecule has 1 aromatic carbocycles. The number of likely N-dealkylation sites (tertiary alicyclic amines) is 1. The third-order valence-electron chi connectivity index (χ3n) is 4.78. The van der Waals surface area contributed by atoms with E-state index in [9.17, 15) is 14.0 Å². The molecule has 5 nitrogen and oxygen atoms in total. The highest BCUT2D eigenvalue weighted by atomic mass is 35.5. The smallest absolute Gasteiger partial charge is 0.255 e. The topological polar surface area (TPSA) is 66.6 Å². The van der Waals surface area contributed by atoms with E-state index in [4.69, 9.17) is 28.9 Å². The Kier molecular flexibility index (Phi) is 4.62. The predicted molar refractivity (Wildman–Crippen MR) is 90.7 cm³/mol. The van der Waals surface area contributed by atoms with Crippen LogP contribution in [-0.2, 0) is 4.79 Å². The van der Waals surface area contributed by atoms with Gasteiger partial charge in [0.05, 0.1) is 16.3 Å². The Morgan fingerprint density at radius 2 is 1.83 bits per heavy atom. The van der Waals surface area contributed by atoms with Crippen molar-refractivity contribution < 1.29 is 14.0 Å². The summed E-state index contributed by atoms with van der Waals surface area (Å²) in [6, 6.07) is 1.04. The third-order valence-corrected chi connectivity index (χ3v) is 5.57. The Hall–Kier alpha value is -1.53. The molecule has 2 amide bonds. The lowest BCUT2D eigenvalue weighted by molar-refractivity contribution is -0.136. The van der Waals surface area contributed by atoms with Gasteiger partial charge in [-0.15, -0.1) is 0 Å². The first kappa shape index (κ1) is 17.3. The Balaban J connectivity index is 1.85. The van der Waals surface area contributed by atoms with Gasteiger partial charge in [-0.25, -0.2) is 4.39 Å². The van der Waals surface area contributed by atoms with Gasteiger partial charge in [-0.3, -0.25) is 9.59 Å². The number of carbonyl (C=O) groups excluding carboxylic acids is 2. The van der Waals surface area contributed by atoms with E-state index < -0.39 is 5.82 Å². The number of halogens is 3. The Morgan fingerprint density at radius 1 is 1.25 bits per heavy atom. The van der Waals surface area contributed by atoms with Crippen molar-refractivity contribution in [2.24, 2.45) is 0 Å². The number of anilines is 1. The van der Waals surface area contributed by atoms with Crippen molar-refractivity contribution in [2.75, 3.05) is 18.8 Å². The van der Waals surface area contributed by atoms with Gasteiger partial charge >= 0.3 is 0 Å². The molecule has 24 heavy (non-hydrogen) atoms. The SMILES string of the molecule is CCC(=O)N1C2CCC1CN(C(=O)c1cc(F)c(Cl)c(N)c1Cl)C2. The van der Waals surface area contributed by atoms with Gasteiger partial charge < -0.3 is 15.5 Å². The van der Waals surface area contributed by atoms with Crippen LogP contribution in [-0.4, -0.2) is 46.8 Å². The molecule has 2 atom stereocenters. The van der Waals surface area contributed by atoms with Crippen LogP contribution < -0.4 is 5.73 Å². The van der Waals surface area contributed by atoms with Crippen LogP contribution in [0.1, 0.15) is 36.5 Å². The molecule has 0 aromatic heterocycles. The summed E-state index contributed by atoms with van der Waals surface area (Å²) in [6.45, 7) is 2.67. The van der Waals surface area contributed by atoms with E-state index in [1.807, 2.05) is 11.8 Å². The Labute approximate surface area is 149 Å². The molecule has 0 spiro atoms. The Morgan fingerprint density at radius 3 is 2.38 bits per heavy atom. The van der Waals surface area contributed by atoms with Crippen LogP contribution in [0, 0.1) is 5.82 Å². The van der Waals surface area contributed by atoms with Gasteiger partial charge in [-0.05, 0) is 18.9 Å². The van der Waals surface area contributed by atoms with Crippen molar-refractivity contribution in [3.63, 3.8) is 0 Å². The maximum atomic E-state index is 13.8. The number of hydrogen-bond donors (Lipinski definition) is 1. The minimum Gasteiger partial charge on any atom is -0.396 e. The second kappa shape index (κ2) is 6.41.